The summed E-state index contributed by atoms with van der Waals surface area (Å²) in [7, 11) is 0. The molecule has 0 aliphatic heterocycles. The molecule has 20 rings (SSSR count). The fourth-order valence-electron chi connectivity index (χ4n) is 16.0. The van der Waals surface area contributed by atoms with Gasteiger partial charge in [-0.1, -0.05) is 293 Å². The third-order valence-corrected chi connectivity index (χ3v) is 20.1. The van der Waals surface area contributed by atoms with Crippen LogP contribution in [-0.2, 0) is 9.63 Å². The molecule has 3 N–H and O–H groups in total. The Morgan fingerprint density at radius 1 is 0.367 bits per heavy atom. The highest BCUT2D eigenvalue weighted by atomic mass is 16.7. The zero-order valence-electron chi connectivity index (χ0n) is 53.8. The van der Waals surface area contributed by atoms with Crippen molar-refractivity contribution >= 4 is 137 Å². The second-order valence-electron chi connectivity index (χ2n) is 25.9. The van der Waals surface area contributed by atoms with Crippen LogP contribution in [0, 0.1) is 10.8 Å². The van der Waals surface area contributed by atoms with Gasteiger partial charge in [-0.3, -0.25) is 4.79 Å². The van der Waals surface area contributed by atoms with Gasteiger partial charge in [-0.05, 0) is 183 Å². The standard InChI is InChI=1S/C42H24.C27H16O.C17H11NO2.C5H11NO2/c1-3-12-26(13-4-1)37-35-24-34-29-19-8-7-18-28(29)30-20-11-23-33(39(30)34)40(35)38(27-14-5-2-6-15-27)42-32-22-10-17-25-16-9-21-31(36(25)32)41(37)42;28-27-23(18-9-3-1-4-10-18)25-20-15-7-13-17-14-8-16-21(22(17)20)26(25)24(27)19-11-5-2-6-12-19;18-16-12-7-3-6-11-9-4-1-2-5-10(9)13(15(11)12)8-14(16)17(19)20;1-5(2)3-4-8-6-7/h1-24H;1-16H;1-8H,18H2,(H,19,20);5H,3-4H2,1-2H3. The minimum Gasteiger partial charge on any atom is -0.478 e. The van der Waals surface area contributed by atoms with Crippen LogP contribution in [0.5, 0.6) is 0 Å². The van der Waals surface area contributed by atoms with Crippen molar-refractivity contribution in [1.82, 2.24) is 0 Å². The number of fused-ring (bicyclic) bond motifs is 14. The Balaban J connectivity index is 0.000000111. The van der Waals surface area contributed by atoms with Crippen molar-refractivity contribution in [2.75, 3.05) is 12.3 Å². The third-order valence-electron chi connectivity index (χ3n) is 20.1. The van der Waals surface area contributed by atoms with E-state index in [1.165, 1.54) is 120 Å². The maximum Gasteiger partial charge on any atom is 0.337 e. The van der Waals surface area contributed by atoms with E-state index in [9.17, 15) is 19.6 Å². The van der Waals surface area contributed by atoms with Gasteiger partial charge < -0.3 is 15.7 Å². The Bertz CT molecular complexity index is 6070. The number of ketones is 1. The van der Waals surface area contributed by atoms with Gasteiger partial charge in [0.1, 0.15) is 6.61 Å². The largest absolute Gasteiger partial charge is 0.478 e. The number of aromatic carboxylic acids is 1. The second kappa shape index (κ2) is 24.0. The van der Waals surface area contributed by atoms with E-state index in [-0.39, 0.29) is 11.3 Å². The Labute approximate surface area is 565 Å². The lowest BCUT2D eigenvalue weighted by molar-refractivity contribution is -0.108. The number of nitrogens with zero attached hydrogens (tertiary/aromatic N) is 1. The molecular weight excluding hydrogens is 1200 g/mol. The highest BCUT2D eigenvalue weighted by Gasteiger charge is 2.40. The lowest BCUT2D eigenvalue weighted by Gasteiger charge is -2.19. The summed E-state index contributed by atoms with van der Waals surface area (Å²) in [4.78, 5) is 38.6. The first-order chi connectivity index (χ1) is 48.2. The first kappa shape index (κ1) is 59.2. The number of rotatable bonds is 9. The Kier molecular flexibility index (Phi) is 14.5. The van der Waals surface area contributed by atoms with E-state index in [2.05, 4.69) is 218 Å². The van der Waals surface area contributed by atoms with Crippen molar-refractivity contribution in [2.45, 2.75) is 20.3 Å². The molecule has 0 atom stereocenters. The molecule has 0 heterocycles. The van der Waals surface area contributed by atoms with E-state index in [4.69, 9.17) is 5.73 Å². The van der Waals surface area contributed by atoms with Crippen LogP contribution in [0.15, 0.2) is 297 Å². The van der Waals surface area contributed by atoms with Crippen LogP contribution in [0.1, 0.15) is 52.9 Å². The number of hydrogen-bond donors (Lipinski definition) is 2. The van der Waals surface area contributed by atoms with Gasteiger partial charge in [0.25, 0.3) is 0 Å². The quantitative estimate of drug-likeness (QED) is 0.0488. The molecular formula is C91H62N2O5. The third kappa shape index (κ3) is 9.33. The summed E-state index contributed by atoms with van der Waals surface area (Å²) < 4.78 is 0. The molecule has 7 nitrogen and oxygen atoms in total. The first-order valence-electron chi connectivity index (χ1n) is 33.3. The van der Waals surface area contributed by atoms with Crippen LogP contribution < -0.4 is 5.73 Å². The molecule has 7 heteroatoms. The topological polar surface area (TPSA) is 119 Å². The number of anilines is 1. The molecule has 0 saturated heterocycles. The maximum atomic E-state index is 13.7. The van der Waals surface area contributed by atoms with E-state index in [1.807, 2.05) is 91.0 Å². The summed E-state index contributed by atoms with van der Waals surface area (Å²) in [6.07, 6.45) is 0.895. The van der Waals surface area contributed by atoms with Crippen LogP contribution in [-0.4, -0.2) is 23.5 Å². The molecule has 0 saturated carbocycles. The predicted octanol–water partition coefficient (Wildman–Crippen LogP) is 23.7. The average Bonchev–Trinajstić information content (AvgIpc) is 1.43. The van der Waals surface area contributed by atoms with Crippen LogP contribution >= 0.6 is 0 Å². The Morgan fingerprint density at radius 2 is 0.786 bits per heavy atom. The van der Waals surface area contributed by atoms with Gasteiger partial charge in [0.2, 0.25) is 0 Å². The molecule has 3 aliphatic carbocycles. The lowest BCUT2D eigenvalue weighted by Crippen LogP contribution is -2.03. The molecule has 0 fully saturated rings. The highest BCUT2D eigenvalue weighted by Crippen LogP contribution is 2.58. The van der Waals surface area contributed by atoms with Crippen molar-refractivity contribution in [2.24, 2.45) is 11.3 Å². The summed E-state index contributed by atoms with van der Waals surface area (Å²) >= 11 is 0. The van der Waals surface area contributed by atoms with Crippen molar-refractivity contribution in [3.8, 4) is 44.5 Å². The number of Topliss-reactive ketones (excluding diaryl/α,β-unsaturated/α-hetero) is 1. The molecule has 0 bridgehead atoms. The normalized spacial score (nSPS) is 12.7. The minimum absolute atomic E-state index is 0.119. The Morgan fingerprint density at radius 3 is 1.35 bits per heavy atom. The van der Waals surface area contributed by atoms with E-state index >= 15 is 0 Å². The van der Waals surface area contributed by atoms with E-state index in [0.717, 1.165) is 72.9 Å². The smallest absolute Gasteiger partial charge is 0.337 e. The zero-order valence-corrected chi connectivity index (χ0v) is 53.8. The fourth-order valence-corrected chi connectivity index (χ4v) is 16.0. The lowest BCUT2D eigenvalue weighted by atomic mass is 9.84. The number of carbonyl (C=O) groups excluding carboxylic acids is 1. The molecule has 17 aromatic rings. The molecule has 3 aliphatic rings. The summed E-state index contributed by atoms with van der Waals surface area (Å²) in [5.74, 6) is -0.291. The fraction of sp³-hybridized carbons (Fsp3) is 0.0549. The Hall–Kier alpha value is -12.6. The summed E-state index contributed by atoms with van der Waals surface area (Å²) in [6.45, 7) is 4.57. The van der Waals surface area contributed by atoms with Crippen LogP contribution in [0.2, 0.25) is 0 Å². The summed E-state index contributed by atoms with van der Waals surface area (Å²) in [6, 6.07) is 103. The molecule has 0 aromatic heterocycles. The number of carbonyl (C=O) groups is 2. The number of carboxylic acid groups (broad SMARTS) is 1. The van der Waals surface area contributed by atoms with Crippen molar-refractivity contribution in [3.63, 3.8) is 0 Å². The number of allylic oxidation sites excluding steroid dienone is 4. The number of hydrogen-bond acceptors (Lipinski definition) is 6. The van der Waals surface area contributed by atoms with E-state index in [1.54, 1.807) is 6.07 Å². The second-order valence-corrected chi connectivity index (χ2v) is 25.9. The summed E-state index contributed by atoms with van der Waals surface area (Å²) in [5.41, 5.74) is 24.1. The predicted molar refractivity (Wildman–Crippen MR) is 409 cm³/mol. The minimum atomic E-state index is -0.990. The monoisotopic (exact) mass is 1260 g/mol. The van der Waals surface area contributed by atoms with Crippen LogP contribution in [0.3, 0.4) is 0 Å². The molecule has 98 heavy (non-hydrogen) atoms. The molecule has 466 valence electrons. The number of nitrogen functional groups attached to an aromatic ring is 1. The van der Waals surface area contributed by atoms with E-state index < -0.39 is 5.97 Å². The van der Waals surface area contributed by atoms with Gasteiger partial charge in [0, 0.05) is 27.7 Å². The number of carboxylic acids is 1. The maximum absolute atomic E-state index is 13.7. The van der Waals surface area contributed by atoms with Gasteiger partial charge in [-0.15, -0.1) is 4.91 Å². The van der Waals surface area contributed by atoms with Crippen LogP contribution in [0.4, 0.5) is 5.69 Å². The van der Waals surface area contributed by atoms with Crippen LogP contribution in [0.25, 0.3) is 164 Å². The van der Waals surface area contributed by atoms with E-state index in [0.29, 0.717) is 18.2 Å². The highest BCUT2D eigenvalue weighted by molar-refractivity contribution is 6.61. The van der Waals surface area contributed by atoms with Crippen molar-refractivity contribution < 1.29 is 19.5 Å². The zero-order chi connectivity index (χ0) is 66.3. The number of nitrogens with two attached hydrogens (primary N) is 1. The average molecular weight is 1260 g/mol. The van der Waals surface area contributed by atoms with Gasteiger partial charge in [0.05, 0.1) is 11.3 Å². The molecule has 0 spiro atoms. The van der Waals surface area contributed by atoms with Crippen molar-refractivity contribution in [1.29, 1.82) is 0 Å². The summed E-state index contributed by atoms with van der Waals surface area (Å²) in [5, 5.41) is 34.7. The van der Waals surface area contributed by atoms with Gasteiger partial charge in [-0.25, -0.2) is 4.79 Å². The van der Waals surface area contributed by atoms with Crippen molar-refractivity contribution in [3.05, 3.63) is 324 Å². The number of benzene rings is 15. The molecule has 17 aromatic carbocycles. The molecule has 0 radical (unpaired) electrons. The SMILES string of the molecule is CC(C)CCON=O.Nc1c(C(=O)O)cc2c3c(cccc13)-c1ccccc1-2.O=C1C(c2ccccc2)=C2C(=C1c1ccccc1)c1cccc3cccc2c13.c1ccc(-c2c3cc4c5ccccc5c5cccc(c3c(-c3ccccc3)c3c6cccc7cccc(c23)c76)c54)cc1. The first-order valence-corrected chi connectivity index (χ1v) is 33.3. The van der Waals surface area contributed by atoms with Gasteiger partial charge in [0.15, 0.2) is 11.1 Å². The van der Waals surface area contributed by atoms with Gasteiger partial charge in [-0.2, -0.15) is 0 Å². The molecule has 0 unspecified atom stereocenters. The van der Waals surface area contributed by atoms with Gasteiger partial charge >= 0.3 is 5.97 Å². The molecule has 0 amide bonds.